The summed E-state index contributed by atoms with van der Waals surface area (Å²) in [5.74, 6) is -1.01. The molecule has 24 heavy (non-hydrogen) atoms. The molecule has 0 saturated carbocycles. The van der Waals surface area contributed by atoms with Gasteiger partial charge in [0.05, 0.1) is 11.7 Å². The van der Waals surface area contributed by atoms with Crippen molar-refractivity contribution in [2.45, 2.75) is 18.6 Å². The third kappa shape index (κ3) is 3.72. The Kier molecular flexibility index (Phi) is 5.39. The molecule has 0 aliphatic carbocycles. The Labute approximate surface area is 146 Å². The Bertz CT molecular complexity index is 607. The molecule has 2 atom stereocenters. The van der Waals surface area contributed by atoms with E-state index < -0.39 is 11.9 Å². The van der Waals surface area contributed by atoms with E-state index in [-0.39, 0.29) is 29.1 Å². The van der Waals surface area contributed by atoms with Crippen molar-refractivity contribution >= 4 is 17.5 Å². The van der Waals surface area contributed by atoms with Gasteiger partial charge in [0.25, 0.3) is 5.91 Å². The van der Waals surface area contributed by atoms with Gasteiger partial charge in [-0.25, -0.2) is 4.39 Å². The lowest BCUT2D eigenvalue weighted by Crippen LogP contribution is -2.59. The number of hydrogen-bond acceptors (Lipinski definition) is 4. The number of nitrogens with zero attached hydrogens (tertiary/aromatic N) is 3. The number of β-amino-alcohol motifs (C(OH)–C–C–N with tert-alkyl or cyclic N) is 1. The Balaban J connectivity index is 1.63. The average Bonchev–Trinajstić information content (AvgIpc) is 2.55. The molecule has 1 amide bonds. The fourth-order valence-electron chi connectivity index (χ4n) is 3.52. The second-order valence-electron chi connectivity index (χ2n) is 6.64. The van der Waals surface area contributed by atoms with Crippen molar-refractivity contribution in [3.8, 4) is 0 Å². The second-order valence-corrected chi connectivity index (χ2v) is 7.07. The number of carbonyl (C=O) groups is 1. The summed E-state index contributed by atoms with van der Waals surface area (Å²) in [5, 5.41) is 10.8. The number of piperidine rings is 1. The Morgan fingerprint density at radius 2 is 1.96 bits per heavy atom. The van der Waals surface area contributed by atoms with Crippen LogP contribution in [0.5, 0.6) is 0 Å². The van der Waals surface area contributed by atoms with E-state index in [1.54, 1.807) is 0 Å². The second kappa shape index (κ2) is 7.35. The number of aliphatic hydroxyl groups excluding tert-OH is 1. The van der Waals surface area contributed by atoms with Gasteiger partial charge >= 0.3 is 0 Å². The topological polar surface area (TPSA) is 47.0 Å². The standard InChI is InChI=1S/C17H23ClFN3O2/c1-20-6-8-21(9-7-20)15-4-5-22(11-16(15)23)17(24)13-3-2-12(18)10-14(13)19/h2-3,10,15-16,23H,4-9,11H2,1H3/t15-,16-/m1/s1. The molecule has 1 aromatic rings. The molecule has 0 aromatic heterocycles. The summed E-state index contributed by atoms with van der Waals surface area (Å²) in [5.41, 5.74) is 0.00430. The van der Waals surface area contributed by atoms with Gasteiger partial charge in [0.2, 0.25) is 0 Å². The monoisotopic (exact) mass is 355 g/mol. The zero-order valence-corrected chi connectivity index (χ0v) is 14.5. The summed E-state index contributed by atoms with van der Waals surface area (Å²) >= 11 is 5.73. The fraction of sp³-hybridized carbons (Fsp3) is 0.588. The number of piperazine rings is 1. The summed E-state index contributed by atoms with van der Waals surface area (Å²) in [7, 11) is 2.09. The first kappa shape index (κ1) is 17.6. The number of likely N-dealkylation sites (tertiary alicyclic amines) is 1. The van der Waals surface area contributed by atoms with Crippen molar-refractivity contribution in [1.29, 1.82) is 0 Å². The first-order valence-corrected chi connectivity index (χ1v) is 8.68. The van der Waals surface area contributed by atoms with Crippen LogP contribution in [0.3, 0.4) is 0 Å². The molecule has 2 saturated heterocycles. The molecule has 0 spiro atoms. The lowest BCUT2D eigenvalue weighted by atomic mass is 9.98. The van der Waals surface area contributed by atoms with Crippen LogP contribution in [0.1, 0.15) is 16.8 Å². The highest BCUT2D eigenvalue weighted by atomic mass is 35.5. The van der Waals surface area contributed by atoms with Gasteiger partial charge in [0.1, 0.15) is 5.82 Å². The van der Waals surface area contributed by atoms with Gasteiger partial charge in [-0.1, -0.05) is 11.6 Å². The van der Waals surface area contributed by atoms with Crippen LogP contribution in [0.25, 0.3) is 0 Å². The molecule has 2 aliphatic rings. The summed E-state index contributed by atoms with van der Waals surface area (Å²) < 4.78 is 13.9. The fourth-order valence-corrected chi connectivity index (χ4v) is 3.68. The maximum absolute atomic E-state index is 13.9. The molecule has 0 bridgehead atoms. The lowest BCUT2D eigenvalue weighted by Gasteiger charge is -2.44. The Morgan fingerprint density at radius 1 is 1.25 bits per heavy atom. The third-order valence-electron chi connectivity index (χ3n) is 5.00. The maximum atomic E-state index is 13.9. The summed E-state index contributed by atoms with van der Waals surface area (Å²) in [6, 6.07) is 4.12. The van der Waals surface area contributed by atoms with Crippen LogP contribution in [0.2, 0.25) is 5.02 Å². The zero-order chi connectivity index (χ0) is 17.3. The number of halogens is 2. The van der Waals surface area contributed by atoms with Crippen molar-refractivity contribution in [3.05, 3.63) is 34.6 Å². The Morgan fingerprint density at radius 3 is 2.58 bits per heavy atom. The highest BCUT2D eigenvalue weighted by molar-refractivity contribution is 6.30. The average molecular weight is 356 g/mol. The normalized spacial score (nSPS) is 26.6. The van der Waals surface area contributed by atoms with Gasteiger partial charge in [-0.15, -0.1) is 0 Å². The Hall–Kier alpha value is -1.21. The summed E-state index contributed by atoms with van der Waals surface area (Å²) in [6.07, 6.45) is 0.0905. The first-order chi connectivity index (χ1) is 11.5. The highest BCUT2D eigenvalue weighted by Gasteiger charge is 2.35. The number of likely N-dealkylation sites (N-methyl/N-ethyl adjacent to an activating group) is 1. The van der Waals surface area contributed by atoms with E-state index in [9.17, 15) is 14.3 Å². The van der Waals surface area contributed by atoms with Crippen LogP contribution in [-0.2, 0) is 0 Å². The third-order valence-corrected chi connectivity index (χ3v) is 5.24. The lowest BCUT2D eigenvalue weighted by molar-refractivity contribution is -0.0220. The number of aliphatic hydroxyl groups is 1. The quantitative estimate of drug-likeness (QED) is 0.868. The predicted octanol–water partition coefficient (Wildman–Crippen LogP) is 1.30. The van der Waals surface area contributed by atoms with E-state index >= 15 is 0 Å². The number of benzene rings is 1. The van der Waals surface area contributed by atoms with Crippen molar-refractivity contribution in [3.63, 3.8) is 0 Å². The van der Waals surface area contributed by atoms with Crippen molar-refractivity contribution in [2.75, 3.05) is 46.3 Å². The summed E-state index contributed by atoms with van der Waals surface area (Å²) in [6.45, 7) is 4.59. The first-order valence-electron chi connectivity index (χ1n) is 8.30. The molecular weight excluding hydrogens is 333 g/mol. The summed E-state index contributed by atoms with van der Waals surface area (Å²) in [4.78, 5) is 18.6. The molecule has 3 rings (SSSR count). The van der Waals surface area contributed by atoms with Crippen molar-refractivity contribution < 1.29 is 14.3 Å². The van der Waals surface area contributed by atoms with Gasteiger partial charge in [0.15, 0.2) is 0 Å². The molecule has 7 heteroatoms. The van der Waals surface area contributed by atoms with Gasteiger partial charge in [-0.2, -0.15) is 0 Å². The van der Waals surface area contributed by atoms with E-state index in [0.717, 1.165) is 32.2 Å². The zero-order valence-electron chi connectivity index (χ0n) is 13.8. The molecule has 2 heterocycles. The molecular formula is C17H23ClFN3O2. The van der Waals surface area contributed by atoms with Crippen LogP contribution in [0.4, 0.5) is 4.39 Å². The maximum Gasteiger partial charge on any atom is 0.256 e. The van der Waals surface area contributed by atoms with Crippen LogP contribution >= 0.6 is 11.6 Å². The highest BCUT2D eigenvalue weighted by Crippen LogP contribution is 2.22. The predicted molar refractivity (Wildman–Crippen MR) is 90.8 cm³/mol. The number of hydrogen-bond donors (Lipinski definition) is 1. The van der Waals surface area contributed by atoms with E-state index in [4.69, 9.17) is 11.6 Å². The number of carbonyl (C=O) groups excluding carboxylic acids is 1. The molecule has 2 aliphatic heterocycles. The van der Waals surface area contributed by atoms with Gasteiger partial charge in [0, 0.05) is 50.3 Å². The minimum Gasteiger partial charge on any atom is -0.390 e. The van der Waals surface area contributed by atoms with Crippen LogP contribution in [0.15, 0.2) is 18.2 Å². The van der Waals surface area contributed by atoms with E-state index in [1.165, 1.54) is 17.0 Å². The van der Waals surface area contributed by atoms with E-state index in [1.807, 2.05) is 0 Å². The number of amides is 1. The number of rotatable bonds is 2. The van der Waals surface area contributed by atoms with E-state index in [2.05, 4.69) is 16.8 Å². The molecule has 0 radical (unpaired) electrons. The van der Waals surface area contributed by atoms with Gasteiger partial charge in [-0.3, -0.25) is 9.69 Å². The van der Waals surface area contributed by atoms with Crippen LogP contribution in [-0.4, -0.2) is 84.2 Å². The van der Waals surface area contributed by atoms with Crippen molar-refractivity contribution in [2.24, 2.45) is 0 Å². The minimum absolute atomic E-state index is 0.00430. The van der Waals surface area contributed by atoms with E-state index in [0.29, 0.717) is 13.0 Å². The van der Waals surface area contributed by atoms with Gasteiger partial charge < -0.3 is 14.9 Å². The largest absolute Gasteiger partial charge is 0.390 e. The van der Waals surface area contributed by atoms with Crippen LogP contribution in [0, 0.1) is 5.82 Å². The molecule has 1 aromatic carbocycles. The smallest absolute Gasteiger partial charge is 0.256 e. The minimum atomic E-state index is -0.622. The molecule has 0 unspecified atom stereocenters. The van der Waals surface area contributed by atoms with Crippen molar-refractivity contribution in [1.82, 2.24) is 14.7 Å². The van der Waals surface area contributed by atoms with Crippen LogP contribution < -0.4 is 0 Å². The molecule has 1 N–H and O–H groups in total. The molecule has 132 valence electrons. The molecule has 2 fully saturated rings. The molecule has 5 nitrogen and oxygen atoms in total. The SMILES string of the molecule is CN1CCN([C@@H]2CCN(C(=O)c3ccc(Cl)cc3F)C[C@H]2O)CC1. The van der Waals surface area contributed by atoms with Gasteiger partial charge in [-0.05, 0) is 31.7 Å².